The predicted octanol–water partition coefficient (Wildman–Crippen LogP) is 3.85. The second-order valence-corrected chi connectivity index (χ2v) is 6.10. The monoisotopic (exact) mass is 329 g/mol. The Morgan fingerprint density at radius 2 is 2.05 bits per heavy atom. The molecule has 106 valence electrons. The number of benzene rings is 1. The van der Waals surface area contributed by atoms with Crippen molar-refractivity contribution in [1.82, 2.24) is 0 Å². The van der Waals surface area contributed by atoms with E-state index in [0.717, 1.165) is 19.3 Å². The lowest BCUT2D eigenvalue weighted by atomic mass is 9.94. The van der Waals surface area contributed by atoms with Gasteiger partial charge >= 0.3 is 0 Å². The van der Waals surface area contributed by atoms with Gasteiger partial charge in [0.05, 0.1) is 0 Å². The highest BCUT2D eigenvalue weighted by molar-refractivity contribution is 9.10. The Labute approximate surface area is 122 Å². The molecule has 2 N–H and O–H groups in total. The molecule has 1 aromatic rings. The highest BCUT2D eigenvalue weighted by Gasteiger charge is 2.15. The van der Waals surface area contributed by atoms with E-state index in [2.05, 4.69) is 15.9 Å². The first-order valence-electron chi connectivity index (χ1n) is 6.62. The fourth-order valence-corrected chi connectivity index (χ4v) is 2.27. The highest BCUT2D eigenvalue weighted by atomic mass is 79.9. The fourth-order valence-electron chi connectivity index (χ4n) is 1.93. The molecule has 1 rings (SSSR count). The summed E-state index contributed by atoms with van der Waals surface area (Å²) >= 11 is 3.20. The second kappa shape index (κ2) is 7.75. The molecular weight excluding hydrogens is 309 g/mol. The topological polar surface area (TPSA) is 43.1 Å². The van der Waals surface area contributed by atoms with Gasteiger partial charge < -0.3 is 5.73 Å². The van der Waals surface area contributed by atoms with Gasteiger partial charge in [-0.15, -0.1) is 0 Å². The number of hydrogen-bond donors (Lipinski definition) is 1. The number of Topliss-reactive ketones (excluding diaryl/α,β-unsaturated/α-hetero) is 1. The number of halogens is 2. The second-order valence-electron chi connectivity index (χ2n) is 5.19. The number of hydrogen-bond acceptors (Lipinski definition) is 2. The summed E-state index contributed by atoms with van der Waals surface area (Å²) < 4.78 is 14.3. The van der Waals surface area contributed by atoms with E-state index in [1.165, 1.54) is 6.07 Å². The van der Waals surface area contributed by atoms with Gasteiger partial charge in [0.15, 0.2) is 0 Å². The molecule has 0 radical (unpaired) electrons. The zero-order valence-electron chi connectivity index (χ0n) is 11.5. The van der Waals surface area contributed by atoms with Crippen LogP contribution in [0, 0.1) is 11.7 Å². The van der Waals surface area contributed by atoms with Crippen LogP contribution in [0.15, 0.2) is 22.7 Å². The van der Waals surface area contributed by atoms with Crippen LogP contribution < -0.4 is 5.73 Å². The summed E-state index contributed by atoms with van der Waals surface area (Å²) in [5.41, 5.74) is 6.14. The minimum atomic E-state index is -0.328. The third-order valence-corrected chi connectivity index (χ3v) is 3.72. The van der Waals surface area contributed by atoms with Crippen LogP contribution in [-0.2, 0) is 11.2 Å². The highest BCUT2D eigenvalue weighted by Crippen LogP contribution is 2.18. The van der Waals surface area contributed by atoms with Crippen molar-refractivity contribution in [3.05, 3.63) is 34.1 Å². The predicted molar refractivity (Wildman–Crippen MR) is 79.5 cm³/mol. The van der Waals surface area contributed by atoms with Crippen molar-refractivity contribution in [3.8, 4) is 0 Å². The van der Waals surface area contributed by atoms with Crippen molar-refractivity contribution in [2.45, 2.75) is 45.6 Å². The quantitative estimate of drug-likeness (QED) is 0.825. The average Bonchev–Trinajstić information content (AvgIpc) is 2.32. The minimum absolute atomic E-state index is 0.0400. The maximum atomic E-state index is 13.6. The van der Waals surface area contributed by atoms with Gasteiger partial charge in [0.2, 0.25) is 0 Å². The molecular formula is C15H21BrFNO. The summed E-state index contributed by atoms with van der Waals surface area (Å²) in [6.07, 6.45) is 2.84. The van der Waals surface area contributed by atoms with Gasteiger partial charge in [0, 0.05) is 22.9 Å². The lowest BCUT2D eigenvalue weighted by Gasteiger charge is -2.12. The maximum absolute atomic E-state index is 13.6. The smallest absolute Gasteiger partial charge is 0.140 e. The SMILES string of the molecule is CC(N)CCCC(C)C(=O)Cc1ccc(Br)cc1F. The summed E-state index contributed by atoms with van der Waals surface area (Å²) in [4.78, 5) is 12.0. The first-order chi connectivity index (χ1) is 8.90. The number of carbonyl (C=O) groups is 1. The molecule has 0 aromatic heterocycles. The first kappa shape index (κ1) is 16.3. The average molecular weight is 330 g/mol. The molecule has 0 saturated carbocycles. The summed E-state index contributed by atoms with van der Waals surface area (Å²) in [6.45, 7) is 3.87. The summed E-state index contributed by atoms with van der Waals surface area (Å²) in [6, 6.07) is 4.98. The number of nitrogens with two attached hydrogens (primary N) is 1. The zero-order valence-corrected chi connectivity index (χ0v) is 13.0. The van der Waals surface area contributed by atoms with Crippen LogP contribution >= 0.6 is 15.9 Å². The van der Waals surface area contributed by atoms with Crippen LogP contribution in [0.25, 0.3) is 0 Å². The van der Waals surface area contributed by atoms with E-state index in [-0.39, 0.29) is 30.0 Å². The van der Waals surface area contributed by atoms with Crippen LogP contribution in [-0.4, -0.2) is 11.8 Å². The van der Waals surface area contributed by atoms with Gasteiger partial charge in [-0.25, -0.2) is 4.39 Å². The minimum Gasteiger partial charge on any atom is -0.328 e. The third-order valence-electron chi connectivity index (χ3n) is 3.23. The van der Waals surface area contributed by atoms with E-state index in [1.807, 2.05) is 13.8 Å². The maximum Gasteiger partial charge on any atom is 0.140 e. The van der Waals surface area contributed by atoms with E-state index < -0.39 is 0 Å². The first-order valence-corrected chi connectivity index (χ1v) is 7.41. The van der Waals surface area contributed by atoms with E-state index >= 15 is 0 Å². The molecule has 2 nitrogen and oxygen atoms in total. The lowest BCUT2D eigenvalue weighted by molar-refractivity contribution is -0.122. The molecule has 0 saturated heterocycles. The Hall–Kier alpha value is -0.740. The van der Waals surface area contributed by atoms with Crippen LogP contribution in [0.1, 0.15) is 38.7 Å². The number of ketones is 1. The lowest BCUT2D eigenvalue weighted by Crippen LogP contribution is -2.17. The molecule has 0 bridgehead atoms. The van der Waals surface area contributed by atoms with Crippen molar-refractivity contribution >= 4 is 21.7 Å². The normalized spacial score (nSPS) is 14.2. The fraction of sp³-hybridized carbons (Fsp3) is 0.533. The third kappa shape index (κ3) is 5.83. The van der Waals surface area contributed by atoms with Crippen LogP contribution in [0.4, 0.5) is 4.39 Å². The van der Waals surface area contributed by atoms with E-state index in [4.69, 9.17) is 5.73 Å². The van der Waals surface area contributed by atoms with Crippen molar-refractivity contribution in [2.24, 2.45) is 11.7 Å². The Bertz CT molecular complexity index is 434. The van der Waals surface area contributed by atoms with Crippen LogP contribution in [0.2, 0.25) is 0 Å². The van der Waals surface area contributed by atoms with Crippen LogP contribution in [0.5, 0.6) is 0 Å². The van der Waals surface area contributed by atoms with Gasteiger partial charge in [-0.3, -0.25) is 4.79 Å². The number of carbonyl (C=O) groups excluding carboxylic acids is 1. The van der Waals surface area contributed by atoms with Gasteiger partial charge in [-0.1, -0.05) is 35.3 Å². The largest absolute Gasteiger partial charge is 0.328 e. The van der Waals surface area contributed by atoms with Crippen molar-refractivity contribution in [2.75, 3.05) is 0 Å². The molecule has 19 heavy (non-hydrogen) atoms. The molecule has 1 aromatic carbocycles. The van der Waals surface area contributed by atoms with Gasteiger partial charge in [0.1, 0.15) is 11.6 Å². The summed E-state index contributed by atoms with van der Waals surface area (Å²) in [7, 11) is 0. The van der Waals surface area contributed by atoms with Crippen molar-refractivity contribution < 1.29 is 9.18 Å². The molecule has 0 aliphatic rings. The van der Waals surface area contributed by atoms with E-state index in [1.54, 1.807) is 12.1 Å². The Balaban J connectivity index is 2.49. The van der Waals surface area contributed by atoms with Gasteiger partial charge in [0.25, 0.3) is 0 Å². The molecule has 0 amide bonds. The standard InChI is InChI=1S/C15H21BrFNO/c1-10(4-3-5-11(2)18)15(19)8-12-6-7-13(16)9-14(12)17/h6-7,9-11H,3-5,8,18H2,1-2H3. The van der Waals surface area contributed by atoms with Crippen LogP contribution in [0.3, 0.4) is 0 Å². The Morgan fingerprint density at radius 1 is 1.37 bits per heavy atom. The van der Waals surface area contributed by atoms with E-state index in [0.29, 0.717) is 10.0 Å². The Kier molecular flexibility index (Phi) is 6.66. The molecule has 0 fully saturated rings. The number of rotatable bonds is 7. The molecule has 4 heteroatoms. The molecule has 0 heterocycles. The van der Waals surface area contributed by atoms with Gasteiger partial charge in [-0.2, -0.15) is 0 Å². The summed E-state index contributed by atoms with van der Waals surface area (Å²) in [5, 5.41) is 0. The molecule has 0 aliphatic heterocycles. The van der Waals surface area contributed by atoms with Gasteiger partial charge in [-0.05, 0) is 37.5 Å². The van der Waals surface area contributed by atoms with Crippen molar-refractivity contribution in [3.63, 3.8) is 0 Å². The molecule has 2 unspecified atom stereocenters. The summed E-state index contributed by atoms with van der Waals surface area (Å²) in [5.74, 6) is -0.279. The van der Waals surface area contributed by atoms with E-state index in [9.17, 15) is 9.18 Å². The molecule has 0 spiro atoms. The molecule has 2 atom stereocenters. The zero-order chi connectivity index (χ0) is 14.4. The van der Waals surface area contributed by atoms with Crippen molar-refractivity contribution in [1.29, 1.82) is 0 Å². The molecule has 0 aliphatic carbocycles. The Morgan fingerprint density at radius 3 is 2.63 bits per heavy atom.